The standard InChI is InChI=1S/C25H30N2O3/c1-29-25(28)24-23(30-20-21-12-6-4-7-13-21)16-15-22(26-24)14-8-5-11-19-27-17-9-2-3-10-18-27/h4,6-7,12-13,15-16H,2-3,5,9-11,17-20H2,1H3. The van der Waals surface area contributed by atoms with Crippen molar-refractivity contribution in [3.8, 4) is 17.6 Å². The SMILES string of the molecule is COC(=O)c1nc(C#CCCCN2CCCCCC2)ccc1OCc1ccccc1. The molecule has 158 valence electrons. The molecule has 1 saturated heterocycles. The first-order valence-electron chi connectivity index (χ1n) is 10.7. The zero-order chi connectivity index (χ0) is 21.0. The third kappa shape index (κ3) is 6.89. The first kappa shape index (κ1) is 21.9. The molecule has 30 heavy (non-hydrogen) atoms. The lowest BCUT2D eigenvalue weighted by Crippen LogP contribution is -2.25. The summed E-state index contributed by atoms with van der Waals surface area (Å²) in [6.45, 7) is 3.87. The number of carbonyl (C=O) groups excluding carboxylic acids is 1. The van der Waals surface area contributed by atoms with E-state index in [0.29, 0.717) is 18.1 Å². The molecule has 5 nitrogen and oxygen atoms in total. The van der Waals surface area contributed by atoms with Gasteiger partial charge in [0.2, 0.25) is 0 Å². The van der Waals surface area contributed by atoms with Crippen LogP contribution in [0.1, 0.15) is 60.3 Å². The highest BCUT2D eigenvalue weighted by Gasteiger charge is 2.16. The Morgan fingerprint density at radius 3 is 2.57 bits per heavy atom. The van der Waals surface area contributed by atoms with E-state index in [1.807, 2.05) is 30.3 Å². The van der Waals surface area contributed by atoms with E-state index in [1.165, 1.54) is 45.9 Å². The van der Waals surface area contributed by atoms with Gasteiger partial charge in [0.25, 0.3) is 0 Å². The summed E-state index contributed by atoms with van der Waals surface area (Å²) in [5.41, 5.74) is 1.73. The number of methoxy groups -OCH3 is 1. The summed E-state index contributed by atoms with van der Waals surface area (Å²) in [5.74, 6) is 6.13. The number of aromatic nitrogens is 1. The molecule has 5 heteroatoms. The molecule has 2 aromatic rings. The van der Waals surface area contributed by atoms with Gasteiger partial charge in [0.05, 0.1) is 7.11 Å². The van der Waals surface area contributed by atoms with Gasteiger partial charge in [-0.1, -0.05) is 49.1 Å². The summed E-state index contributed by atoms with van der Waals surface area (Å²) in [6, 6.07) is 13.3. The Morgan fingerprint density at radius 2 is 1.83 bits per heavy atom. The van der Waals surface area contributed by atoms with Gasteiger partial charge in [-0.3, -0.25) is 0 Å². The second-order valence-electron chi connectivity index (χ2n) is 7.47. The van der Waals surface area contributed by atoms with Crippen LogP contribution in [0.3, 0.4) is 0 Å². The van der Waals surface area contributed by atoms with E-state index >= 15 is 0 Å². The quantitative estimate of drug-likeness (QED) is 0.386. The Hall–Kier alpha value is -2.84. The Bertz CT molecular complexity index is 863. The molecule has 0 aliphatic carbocycles. The van der Waals surface area contributed by atoms with Crippen LogP contribution in [0.25, 0.3) is 0 Å². The first-order valence-corrected chi connectivity index (χ1v) is 10.7. The molecule has 0 saturated carbocycles. The maximum atomic E-state index is 12.2. The average Bonchev–Trinajstić information content (AvgIpc) is 3.07. The summed E-state index contributed by atoms with van der Waals surface area (Å²) in [6.07, 6.45) is 7.20. The molecule has 1 aromatic heterocycles. The van der Waals surface area contributed by atoms with Gasteiger partial charge in [-0.05, 0) is 62.5 Å². The lowest BCUT2D eigenvalue weighted by molar-refractivity contribution is 0.0588. The third-order valence-corrected chi connectivity index (χ3v) is 5.17. The maximum Gasteiger partial charge on any atom is 0.360 e. The lowest BCUT2D eigenvalue weighted by Gasteiger charge is -2.18. The van der Waals surface area contributed by atoms with Crippen LogP contribution >= 0.6 is 0 Å². The van der Waals surface area contributed by atoms with Crippen molar-refractivity contribution < 1.29 is 14.3 Å². The van der Waals surface area contributed by atoms with Crippen LogP contribution in [0, 0.1) is 11.8 Å². The molecule has 0 amide bonds. The molecule has 0 spiro atoms. The Kier molecular flexibility index (Phi) is 8.74. The number of pyridine rings is 1. The minimum absolute atomic E-state index is 0.157. The van der Waals surface area contributed by atoms with Crippen LogP contribution in [0.4, 0.5) is 0 Å². The molecular formula is C25H30N2O3. The Morgan fingerprint density at radius 1 is 1.07 bits per heavy atom. The van der Waals surface area contributed by atoms with Crippen LogP contribution < -0.4 is 4.74 Å². The summed E-state index contributed by atoms with van der Waals surface area (Å²) in [4.78, 5) is 19.1. The van der Waals surface area contributed by atoms with Crippen LogP contribution in [-0.4, -0.2) is 42.6 Å². The molecule has 1 aliphatic rings. The van der Waals surface area contributed by atoms with E-state index in [0.717, 1.165) is 24.9 Å². The van der Waals surface area contributed by atoms with Gasteiger partial charge in [-0.2, -0.15) is 0 Å². The minimum Gasteiger partial charge on any atom is -0.486 e. The van der Waals surface area contributed by atoms with Crippen molar-refractivity contribution in [3.63, 3.8) is 0 Å². The number of carbonyl (C=O) groups is 1. The molecule has 0 bridgehead atoms. The number of rotatable bonds is 7. The molecule has 0 atom stereocenters. The summed E-state index contributed by atoms with van der Waals surface area (Å²) in [5, 5.41) is 0. The first-order chi connectivity index (χ1) is 14.8. The van der Waals surface area contributed by atoms with Crippen molar-refractivity contribution in [2.75, 3.05) is 26.7 Å². The van der Waals surface area contributed by atoms with Gasteiger partial charge in [0.15, 0.2) is 11.4 Å². The molecule has 0 radical (unpaired) electrons. The number of unbranched alkanes of at least 4 members (excludes halogenated alkanes) is 1. The molecule has 1 fully saturated rings. The van der Waals surface area contributed by atoms with Crippen molar-refractivity contribution >= 4 is 5.97 Å². The number of hydrogen-bond acceptors (Lipinski definition) is 5. The largest absolute Gasteiger partial charge is 0.486 e. The highest BCUT2D eigenvalue weighted by atomic mass is 16.5. The summed E-state index contributed by atoms with van der Waals surface area (Å²) >= 11 is 0. The van der Waals surface area contributed by atoms with Gasteiger partial charge in [0, 0.05) is 6.42 Å². The lowest BCUT2D eigenvalue weighted by atomic mass is 10.2. The number of nitrogens with zero attached hydrogens (tertiary/aromatic N) is 2. The van der Waals surface area contributed by atoms with Gasteiger partial charge in [-0.25, -0.2) is 9.78 Å². The zero-order valence-electron chi connectivity index (χ0n) is 17.7. The van der Waals surface area contributed by atoms with Crippen LogP contribution in [-0.2, 0) is 11.3 Å². The summed E-state index contributed by atoms with van der Waals surface area (Å²) in [7, 11) is 1.34. The minimum atomic E-state index is -0.525. The number of ether oxygens (including phenoxy) is 2. The van der Waals surface area contributed by atoms with Crippen molar-refractivity contribution in [2.45, 2.75) is 45.1 Å². The zero-order valence-corrected chi connectivity index (χ0v) is 17.7. The topological polar surface area (TPSA) is 51.7 Å². The van der Waals surface area contributed by atoms with Crippen molar-refractivity contribution in [1.82, 2.24) is 9.88 Å². The highest BCUT2D eigenvalue weighted by Crippen LogP contribution is 2.19. The smallest absolute Gasteiger partial charge is 0.360 e. The molecule has 0 unspecified atom stereocenters. The van der Waals surface area contributed by atoms with Crippen LogP contribution in [0.2, 0.25) is 0 Å². The second-order valence-corrected chi connectivity index (χ2v) is 7.47. The van der Waals surface area contributed by atoms with Gasteiger partial charge in [0.1, 0.15) is 12.3 Å². The van der Waals surface area contributed by atoms with E-state index in [9.17, 15) is 4.79 Å². The summed E-state index contributed by atoms with van der Waals surface area (Å²) < 4.78 is 10.7. The Labute approximate surface area is 179 Å². The maximum absolute atomic E-state index is 12.2. The van der Waals surface area contributed by atoms with Crippen molar-refractivity contribution in [2.24, 2.45) is 0 Å². The number of esters is 1. The normalized spacial score (nSPS) is 14.3. The number of hydrogen-bond donors (Lipinski definition) is 0. The van der Waals surface area contributed by atoms with Gasteiger partial charge < -0.3 is 14.4 Å². The fourth-order valence-electron chi connectivity index (χ4n) is 3.51. The Balaban J connectivity index is 1.57. The van der Waals surface area contributed by atoms with E-state index in [4.69, 9.17) is 9.47 Å². The molecule has 1 aromatic carbocycles. The van der Waals surface area contributed by atoms with E-state index in [2.05, 4.69) is 21.7 Å². The van der Waals surface area contributed by atoms with Gasteiger partial charge >= 0.3 is 5.97 Å². The fourth-order valence-corrected chi connectivity index (χ4v) is 3.51. The molecule has 3 rings (SSSR count). The average molecular weight is 407 g/mol. The predicted molar refractivity (Wildman–Crippen MR) is 117 cm³/mol. The third-order valence-electron chi connectivity index (χ3n) is 5.17. The van der Waals surface area contributed by atoms with E-state index in [1.54, 1.807) is 12.1 Å². The molecular weight excluding hydrogens is 376 g/mol. The highest BCUT2D eigenvalue weighted by molar-refractivity contribution is 5.90. The number of likely N-dealkylation sites (tertiary alicyclic amines) is 1. The monoisotopic (exact) mass is 406 g/mol. The fraction of sp³-hybridized carbons (Fsp3) is 0.440. The van der Waals surface area contributed by atoms with Gasteiger partial charge in [-0.15, -0.1) is 0 Å². The van der Waals surface area contributed by atoms with E-state index < -0.39 is 5.97 Å². The number of benzene rings is 1. The molecule has 0 N–H and O–H groups in total. The van der Waals surface area contributed by atoms with E-state index in [-0.39, 0.29) is 5.69 Å². The second kappa shape index (κ2) is 12.0. The van der Waals surface area contributed by atoms with Crippen molar-refractivity contribution in [1.29, 1.82) is 0 Å². The van der Waals surface area contributed by atoms with Crippen LogP contribution in [0.5, 0.6) is 5.75 Å². The predicted octanol–water partition coefficient (Wildman–Crippen LogP) is 4.45. The van der Waals surface area contributed by atoms with Crippen molar-refractivity contribution in [3.05, 3.63) is 59.4 Å². The molecule has 1 aliphatic heterocycles. The molecule has 2 heterocycles. The van der Waals surface area contributed by atoms with Crippen LogP contribution in [0.15, 0.2) is 42.5 Å².